The van der Waals surface area contributed by atoms with Crippen LogP contribution in [0.3, 0.4) is 0 Å². The van der Waals surface area contributed by atoms with E-state index in [-0.39, 0.29) is 19.3 Å². The van der Waals surface area contributed by atoms with Gasteiger partial charge in [0.15, 0.2) is 0 Å². The summed E-state index contributed by atoms with van der Waals surface area (Å²) < 4.78 is 10.7. The summed E-state index contributed by atoms with van der Waals surface area (Å²) in [4.78, 5) is 0. The summed E-state index contributed by atoms with van der Waals surface area (Å²) in [6.07, 6.45) is 22.2. The Morgan fingerprint density at radius 2 is 1.33 bits per heavy atom. The van der Waals surface area contributed by atoms with Gasteiger partial charge in [0.05, 0.1) is 25.9 Å². The molecule has 2 atom stereocenters. The topological polar surface area (TPSA) is 58.9 Å². The number of aliphatic hydroxyl groups excluding tert-OH is 2. The van der Waals surface area contributed by atoms with E-state index in [1.54, 1.807) is 7.11 Å². The van der Waals surface area contributed by atoms with Crippen molar-refractivity contribution in [2.75, 3.05) is 26.9 Å². The van der Waals surface area contributed by atoms with Crippen LogP contribution in [0, 0.1) is 0 Å². The summed E-state index contributed by atoms with van der Waals surface area (Å²) in [7, 11) is 1.68. The molecule has 0 bridgehead atoms. The van der Waals surface area contributed by atoms with Crippen molar-refractivity contribution in [1.82, 2.24) is 0 Å². The monoisotopic (exact) mass is 386 g/mol. The maximum atomic E-state index is 9.23. The highest BCUT2D eigenvalue weighted by Crippen LogP contribution is 2.12. The van der Waals surface area contributed by atoms with E-state index in [1.165, 1.54) is 77.0 Å². The third-order valence-corrected chi connectivity index (χ3v) is 4.95. The lowest BCUT2D eigenvalue weighted by atomic mass is 10.0. The number of methoxy groups -OCH3 is 1. The summed E-state index contributed by atoms with van der Waals surface area (Å²) in [5.74, 6) is 0. The van der Waals surface area contributed by atoms with Gasteiger partial charge in [0, 0.05) is 7.11 Å². The molecule has 0 aromatic rings. The van der Waals surface area contributed by atoms with Crippen LogP contribution in [-0.2, 0) is 9.47 Å². The third kappa shape index (κ3) is 20.1. The average Bonchev–Trinajstić information content (AvgIpc) is 2.69. The SMILES string of the molecule is CCCCCCCCCCCCCC/C=C\C[C@H](COC[C@@H](O)CO)OC. The van der Waals surface area contributed by atoms with Gasteiger partial charge in [0.2, 0.25) is 0 Å². The van der Waals surface area contributed by atoms with E-state index in [9.17, 15) is 5.11 Å². The minimum absolute atomic E-state index is 0.00844. The van der Waals surface area contributed by atoms with Crippen molar-refractivity contribution in [1.29, 1.82) is 0 Å². The van der Waals surface area contributed by atoms with Crippen LogP contribution in [-0.4, -0.2) is 49.4 Å². The van der Waals surface area contributed by atoms with Crippen LogP contribution in [0.1, 0.15) is 96.8 Å². The molecule has 0 saturated heterocycles. The number of hydrogen-bond acceptors (Lipinski definition) is 4. The van der Waals surface area contributed by atoms with E-state index < -0.39 is 6.10 Å². The normalized spacial score (nSPS) is 14.1. The minimum atomic E-state index is -0.802. The van der Waals surface area contributed by atoms with E-state index in [0.29, 0.717) is 6.61 Å². The van der Waals surface area contributed by atoms with Crippen LogP contribution in [0.5, 0.6) is 0 Å². The van der Waals surface area contributed by atoms with Crippen LogP contribution in [0.2, 0.25) is 0 Å². The number of unbranched alkanes of at least 4 members (excludes halogenated alkanes) is 12. The molecule has 2 N–H and O–H groups in total. The molecule has 0 amide bonds. The summed E-state index contributed by atoms with van der Waals surface area (Å²) in [6.45, 7) is 2.60. The molecule has 0 aliphatic rings. The number of hydrogen-bond donors (Lipinski definition) is 2. The standard InChI is InChI=1S/C23H46O4/c1-3-4-5-6-7-8-9-10-11-12-13-14-15-16-17-18-23(26-2)21-27-20-22(25)19-24/h16-17,22-25H,3-15,18-21H2,1-2H3/b17-16-/t22-,23+/m0/s1. The van der Waals surface area contributed by atoms with Crippen LogP contribution in [0.4, 0.5) is 0 Å². The molecule has 0 aliphatic carbocycles. The van der Waals surface area contributed by atoms with E-state index in [1.807, 2.05) is 0 Å². The fourth-order valence-electron chi connectivity index (χ4n) is 3.09. The van der Waals surface area contributed by atoms with Crippen molar-refractivity contribution in [3.8, 4) is 0 Å². The molecule has 0 radical (unpaired) electrons. The van der Waals surface area contributed by atoms with Crippen molar-refractivity contribution >= 4 is 0 Å². The molecule has 0 spiro atoms. The molecule has 4 heteroatoms. The molecule has 0 aromatic carbocycles. The van der Waals surface area contributed by atoms with Crippen LogP contribution < -0.4 is 0 Å². The highest BCUT2D eigenvalue weighted by molar-refractivity contribution is 4.84. The predicted octanol–water partition coefficient (Wildman–Crippen LogP) is 5.41. The Balaban J connectivity index is 3.35. The second-order valence-corrected chi connectivity index (χ2v) is 7.62. The zero-order valence-electron chi connectivity index (χ0n) is 18.0. The zero-order chi connectivity index (χ0) is 20.0. The van der Waals surface area contributed by atoms with Crippen LogP contribution in [0.25, 0.3) is 0 Å². The summed E-state index contributed by atoms with van der Waals surface area (Å²) in [5, 5.41) is 18.0. The Hall–Kier alpha value is -0.420. The Bertz CT molecular complexity index is 307. The summed E-state index contributed by atoms with van der Waals surface area (Å²) >= 11 is 0. The van der Waals surface area contributed by atoms with Gasteiger partial charge in [0.1, 0.15) is 6.10 Å². The van der Waals surface area contributed by atoms with Crippen molar-refractivity contribution in [2.45, 2.75) is 109 Å². The molecule has 0 rings (SSSR count). The lowest BCUT2D eigenvalue weighted by Gasteiger charge is -2.15. The number of ether oxygens (including phenoxy) is 2. The van der Waals surface area contributed by atoms with Gasteiger partial charge in [-0.05, 0) is 19.3 Å². The smallest absolute Gasteiger partial charge is 0.100 e. The molecule has 0 aromatic heterocycles. The first-order chi connectivity index (χ1) is 13.2. The number of rotatable bonds is 21. The van der Waals surface area contributed by atoms with Gasteiger partial charge in [0.25, 0.3) is 0 Å². The molecular weight excluding hydrogens is 340 g/mol. The quantitative estimate of drug-likeness (QED) is 0.205. The van der Waals surface area contributed by atoms with E-state index in [2.05, 4.69) is 19.1 Å². The Kier molecular flexibility index (Phi) is 21.5. The van der Waals surface area contributed by atoms with E-state index >= 15 is 0 Å². The maximum absolute atomic E-state index is 9.23. The van der Waals surface area contributed by atoms with Crippen molar-refractivity contribution in [2.24, 2.45) is 0 Å². The van der Waals surface area contributed by atoms with Gasteiger partial charge < -0.3 is 19.7 Å². The number of aliphatic hydroxyl groups is 2. The highest BCUT2D eigenvalue weighted by Gasteiger charge is 2.07. The molecule has 27 heavy (non-hydrogen) atoms. The second-order valence-electron chi connectivity index (χ2n) is 7.62. The fraction of sp³-hybridized carbons (Fsp3) is 0.913. The van der Waals surface area contributed by atoms with Gasteiger partial charge in [-0.1, -0.05) is 89.7 Å². The lowest BCUT2D eigenvalue weighted by Crippen LogP contribution is -2.24. The zero-order valence-corrected chi connectivity index (χ0v) is 18.0. The largest absolute Gasteiger partial charge is 0.394 e. The Morgan fingerprint density at radius 1 is 0.778 bits per heavy atom. The summed E-state index contributed by atoms with van der Waals surface area (Å²) in [5.41, 5.74) is 0. The van der Waals surface area contributed by atoms with Crippen molar-refractivity contribution in [3.63, 3.8) is 0 Å². The lowest BCUT2D eigenvalue weighted by molar-refractivity contribution is -0.0345. The first kappa shape index (κ1) is 26.6. The molecule has 162 valence electrons. The first-order valence-corrected chi connectivity index (χ1v) is 11.3. The van der Waals surface area contributed by atoms with Crippen molar-refractivity contribution < 1.29 is 19.7 Å². The minimum Gasteiger partial charge on any atom is -0.394 e. The first-order valence-electron chi connectivity index (χ1n) is 11.3. The van der Waals surface area contributed by atoms with Gasteiger partial charge >= 0.3 is 0 Å². The van der Waals surface area contributed by atoms with Crippen molar-refractivity contribution in [3.05, 3.63) is 12.2 Å². The molecule has 0 saturated carbocycles. The van der Waals surface area contributed by atoms with Gasteiger partial charge in [-0.2, -0.15) is 0 Å². The molecule has 4 nitrogen and oxygen atoms in total. The Morgan fingerprint density at radius 3 is 1.85 bits per heavy atom. The fourth-order valence-corrected chi connectivity index (χ4v) is 3.09. The van der Waals surface area contributed by atoms with E-state index in [0.717, 1.165) is 12.8 Å². The van der Waals surface area contributed by atoms with Gasteiger partial charge in [-0.25, -0.2) is 0 Å². The number of allylic oxidation sites excluding steroid dienone is 1. The highest BCUT2D eigenvalue weighted by atomic mass is 16.5. The third-order valence-electron chi connectivity index (χ3n) is 4.95. The predicted molar refractivity (Wildman–Crippen MR) is 114 cm³/mol. The maximum Gasteiger partial charge on any atom is 0.100 e. The average molecular weight is 387 g/mol. The summed E-state index contributed by atoms with van der Waals surface area (Å²) in [6, 6.07) is 0. The van der Waals surface area contributed by atoms with Gasteiger partial charge in [-0.15, -0.1) is 0 Å². The molecule has 0 fully saturated rings. The molecular formula is C23H46O4. The van der Waals surface area contributed by atoms with E-state index in [4.69, 9.17) is 14.6 Å². The Labute approximate surface area is 168 Å². The molecule has 0 unspecified atom stereocenters. The molecule has 0 heterocycles. The molecule has 0 aliphatic heterocycles. The van der Waals surface area contributed by atoms with Crippen LogP contribution in [0.15, 0.2) is 12.2 Å². The second kappa shape index (κ2) is 21.9. The van der Waals surface area contributed by atoms with Gasteiger partial charge in [-0.3, -0.25) is 0 Å². The van der Waals surface area contributed by atoms with Crippen LogP contribution >= 0.6 is 0 Å².